The number of amides is 1. The van der Waals surface area contributed by atoms with Gasteiger partial charge in [-0.15, -0.1) is 0 Å². The average Bonchev–Trinajstić information content (AvgIpc) is 2.48. The van der Waals surface area contributed by atoms with Crippen LogP contribution in [0.15, 0.2) is 30.3 Å². The topological polar surface area (TPSA) is 72.6 Å². The SMILES string of the molecule is CC(C)(C)C1CN(C(CN)c2ccccc2)CCN1C(=O)[O-]. The van der Waals surface area contributed by atoms with E-state index in [1.54, 1.807) is 0 Å². The maximum atomic E-state index is 11.4. The summed E-state index contributed by atoms with van der Waals surface area (Å²) in [6.07, 6.45) is -1.08. The fourth-order valence-electron chi connectivity index (χ4n) is 3.22. The van der Waals surface area contributed by atoms with E-state index < -0.39 is 6.09 Å². The minimum atomic E-state index is -1.08. The van der Waals surface area contributed by atoms with Gasteiger partial charge in [0.15, 0.2) is 0 Å². The van der Waals surface area contributed by atoms with Crippen molar-refractivity contribution in [3.05, 3.63) is 35.9 Å². The summed E-state index contributed by atoms with van der Waals surface area (Å²) < 4.78 is 0. The van der Waals surface area contributed by atoms with Gasteiger partial charge in [-0.2, -0.15) is 0 Å². The highest BCUT2D eigenvalue weighted by atomic mass is 16.4. The molecule has 5 nitrogen and oxygen atoms in total. The molecule has 2 N–H and O–H groups in total. The lowest BCUT2D eigenvalue weighted by Crippen LogP contribution is -2.63. The first-order valence-electron chi connectivity index (χ1n) is 7.81. The van der Waals surface area contributed by atoms with Gasteiger partial charge in [-0.1, -0.05) is 51.1 Å². The van der Waals surface area contributed by atoms with Crippen LogP contribution < -0.4 is 10.8 Å². The van der Waals surface area contributed by atoms with E-state index in [0.29, 0.717) is 26.2 Å². The van der Waals surface area contributed by atoms with Gasteiger partial charge >= 0.3 is 0 Å². The van der Waals surface area contributed by atoms with Crippen LogP contribution in [0, 0.1) is 5.41 Å². The molecule has 122 valence electrons. The number of hydrogen-bond acceptors (Lipinski definition) is 4. The summed E-state index contributed by atoms with van der Waals surface area (Å²) in [6, 6.07) is 10.2. The van der Waals surface area contributed by atoms with Crippen LogP contribution in [0.1, 0.15) is 32.4 Å². The molecule has 1 saturated heterocycles. The van der Waals surface area contributed by atoms with Gasteiger partial charge in [-0.05, 0) is 11.0 Å². The van der Waals surface area contributed by atoms with Crippen molar-refractivity contribution in [3.63, 3.8) is 0 Å². The van der Waals surface area contributed by atoms with Crippen molar-refractivity contribution in [1.29, 1.82) is 0 Å². The minimum Gasteiger partial charge on any atom is -0.530 e. The van der Waals surface area contributed by atoms with Crippen LogP contribution >= 0.6 is 0 Å². The van der Waals surface area contributed by atoms with E-state index in [2.05, 4.69) is 37.8 Å². The van der Waals surface area contributed by atoms with Crippen LogP contribution in [0.2, 0.25) is 0 Å². The number of nitrogens with zero attached hydrogens (tertiary/aromatic N) is 2. The summed E-state index contributed by atoms with van der Waals surface area (Å²) >= 11 is 0. The smallest absolute Gasteiger partial charge is 0.137 e. The second kappa shape index (κ2) is 6.67. The van der Waals surface area contributed by atoms with E-state index in [0.717, 1.165) is 0 Å². The van der Waals surface area contributed by atoms with E-state index in [1.807, 2.05) is 18.2 Å². The Kier molecular flexibility index (Phi) is 5.08. The molecule has 1 aliphatic rings. The number of nitrogens with two attached hydrogens (primary N) is 1. The van der Waals surface area contributed by atoms with Gasteiger partial charge in [0, 0.05) is 38.3 Å². The molecule has 0 aliphatic carbocycles. The van der Waals surface area contributed by atoms with Crippen molar-refractivity contribution in [2.45, 2.75) is 32.9 Å². The molecule has 1 fully saturated rings. The van der Waals surface area contributed by atoms with E-state index in [-0.39, 0.29) is 17.5 Å². The number of piperazine rings is 1. The molecule has 0 saturated carbocycles. The number of rotatable bonds is 3. The Morgan fingerprint density at radius 1 is 1.32 bits per heavy atom. The van der Waals surface area contributed by atoms with Crippen molar-refractivity contribution in [2.24, 2.45) is 11.1 Å². The van der Waals surface area contributed by atoms with Crippen molar-refractivity contribution in [1.82, 2.24) is 9.80 Å². The molecule has 2 atom stereocenters. The van der Waals surface area contributed by atoms with Gasteiger partial charge in [0.05, 0.1) is 0 Å². The van der Waals surface area contributed by atoms with Crippen LogP contribution in [-0.2, 0) is 0 Å². The molecule has 1 aliphatic heterocycles. The van der Waals surface area contributed by atoms with Crippen LogP contribution in [0.25, 0.3) is 0 Å². The number of hydrogen-bond donors (Lipinski definition) is 1. The van der Waals surface area contributed by atoms with Gasteiger partial charge in [0.25, 0.3) is 0 Å². The third-order valence-corrected chi connectivity index (χ3v) is 4.49. The normalized spacial score (nSPS) is 21.6. The minimum absolute atomic E-state index is 0.0935. The molecule has 0 bridgehead atoms. The molecule has 0 aromatic heterocycles. The first-order valence-corrected chi connectivity index (χ1v) is 7.81. The van der Waals surface area contributed by atoms with Crippen LogP contribution in [0.5, 0.6) is 0 Å². The Morgan fingerprint density at radius 2 is 1.95 bits per heavy atom. The number of carbonyl (C=O) groups is 1. The molecular weight excluding hydrogens is 278 g/mol. The van der Waals surface area contributed by atoms with Gasteiger partial charge < -0.3 is 20.5 Å². The molecule has 1 amide bonds. The lowest BCUT2D eigenvalue weighted by atomic mass is 9.83. The van der Waals surface area contributed by atoms with Crippen LogP contribution in [0.4, 0.5) is 4.79 Å². The maximum absolute atomic E-state index is 11.4. The third-order valence-electron chi connectivity index (χ3n) is 4.49. The lowest BCUT2D eigenvalue weighted by Gasteiger charge is -2.50. The van der Waals surface area contributed by atoms with Gasteiger partial charge in [0.2, 0.25) is 0 Å². The molecule has 22 heavy (non-hydrogen) atoms. The lowest BCUT2D eigenvalue weighted by molar-refractivity contribution is -0.272. The summed E-state index contributed by atoms with van der Waals surface area (Å²) in [6.45, 7) is 8.54. The number of benzene rings is 1. The molecule has 5 heteroatoms. The first kappa shape index (κ1) is 16.8. The maximum Gasteiger partial charge on any atom is 0.137 e. The highest BCUT2D eigenvalue weighted by molar-refractivity contribution is 5.63. The van der Waals surface area contributed by atoms with Gasteiger partial charge in [-0.3, -0.25) is 4.90 Å². The molecular formula is C17H26N3O2-. The number of carbonyl (C=O) groups excluding carboxylic acids is 1. The predicted molar refractivity (Wildman–Crippen MR) is 85.2 cm³/mol. The van der Waals surface area contributed by atoms with E-state index >= 15 is 0 Å². The Balaban J connectivity index is 2.21. The second-order valence-corrected chi connectivity index (χ2v) is 7.00. The largest absolute Gasteiger partial charge is 0.530 e. The Morgan fingerprint density at radius 3 is 2.45 bits per heavy atom. The average molecular weight is 304 g/mol. The van der Waals surface area contributed by atoms with Crippen molar-refractivity contribution in [2.75, 3.05) is 26.2 Å². The molecule has 0 spiro atoms. The van der Waals surface area contributed by atoms with Crippen LogP contribution in [-0.4, -0.2) is 48.1 Å². The summed E-state index contributed by atoms with van der Waals surface area (Å²) in [7, 11) is 0. The Labute approximate surface area is 132 Å². The second-order valence-electron chi connectivity index (χ2n) is 7.00. The highest BCUT2D eigenvalue weighted by Gasteiger charge is 2.37. The predicted octanol–water partition coefficient (Wildman–Crippen LogP) is 1.06. The Hall–Kier alpha value is -1.59. The quantitative estimate of drug-likeness (QED) is 0.906. The first-order chi connectivity index (χ1) is 10.3. The van der Waals surface area contributed by atoms with Crippen LogP contribution in [0.3, 0.4) is 0 Å². The molecule has 1 aromatic carbocycles. The van der Waals surface area contributed by atoms with Gasteiger partial charge in [-0.25, -0.2) is 0 Å². The third kappa shape index (κ3) is 3.59. The van der Waals surface area contributed by atoms with Gasteiger partial charge in [0.1, 0.15) is 6.09 Å². The standard InChI is InChI=1S/C17H27N3O2/c1-17(2,3)15-12-19(9-10-20(15)16(21)22)14(11-18)13-7-5-4-6-8-13/h4-8,14-15H,9-12,18H2,1-3H3,(H,21,22)/p-1. The van der Waals surface area contributed by atoms with E-state index in [9.17, 15) is 9.90 Å². The van der Waals surface area contributed by atoms with E-state index in [4.69, 9.17) is 5.73 Å². The number of carboxylic acid groups (broad SMARTS) is 1. The van der Waals surface area contributed by atoms with Crippen molar-refractivity contribution >= 4 is 6.09 Å². The molecule has 2 unspecified atom stereocenters. The zero-order valence-electron chi connectivity index (χ0n) is 13.7. The fourth-order valence-corrected chi connectivity index (χ4v) is 3.22. The summed E-state index contributed by atoms with van der Waals surface area (Å²) in [5.41, 5.74) is 7.04. The molecule has 0 radical (unpaired) electrons. The monoisotopic (exact) mass is 304 g/mol. The summed E-state index contributed by atoms with van der Waals surface area (Å²) in [5.74, 6) is 0. The summed E-state index contributed by atoms with van der Waals surface area (Å²) in [4.78, 5) is 15.2. The van der Waals surface area contributed by atoms with E-state index in [1.165, 1.54) is 10.5 Å². The van der Waals surface area contributed by atoms with Crippen molar-refractivity contribution in [3.8, 4) is 0 Å². The summed E-state index contributed by atoms with van der Waals surface area (Å²) in [5, 5.41) is 11.4. The molecule has 1 heterocycles. The zero-order chi connectivity index (χ0) is 16.3. The molecule has 1 aromatic rings. The Bertz CT molecular complexity index is 498. The zero-order valence-corrected chi connectivity index (χ0v) is 13.7. The van der Waals surface area contributed by atoms with Crippen molar-refractivity contribution < 1.29 is 9.90 Å². The molecule has 2 rings (SSSR count). The highest BCUT2D eigenvalue weighted by Crippen LogP contribution is 2.31. The fraction of sp³-hybridized carbons (Fsp3) is 0.588.